The molecule has 4 aliphatic carbocycles. The third kappa shape index (κ3) is 39.7. The van der Waals surface area contributed by atoms with Crippen LogP contribution >= 0.6 is 0 Å². The first-order chi connectivity index (χ1) is 30.7. The molecule has 0 aromatic carbocycles. The summed E-state index contributed by atoms with van der Waals surface area (Å²) < 4.78 is 0. The highest BCUT2D eigenvalue weighted by Crippen LogP contribution is 2.57. The van der Waals surface area contributed by atoms with Gasteiger partial charge >= 0.3 is 0 Å². The summed E-state index contributed by atoms with van der Waals surface area (Å²) >= 11 is 0. The van der Waals surface area contributed by atoms with E-state index >= 15 is 0 Å². The van der Waals surface area contributed by atoms with E-state index in [-0.39, 0.29) is 0 Å². The van der Waals surface area contributed by atoms with E-state index in [1.165, 1.54) is 141 Å². The Kier molecular flexibility index (Phi) is 68.2. The molecule has 4 fully saturated rings. The van der Waals surface area contributed by atoms with Crippen molar-refractivity contribution < 1.29 is 0 Å². The van der Waals surface area contributed by atoms with Crippen LogP contribution in [0.3, 0.4) is 0 Å². The normalized spacial score (nSPS) is 17.1. The fourth-order valence-electron chi connectivity index (χ4n) is 10.3. The lowest BCUT2D eigenvalue weighted by Gasteiger charge is -2.49. The Labute approximate surface area is 430 Å². The Bertz CT molecular complexity index is 750. The molecule has 0 atom stereocenters. The first-order valence-corrected chi connectivity index (χ1v) is 30.7. The van der Waals surface area contributed by atoms with E-state index in [0.717, 1.165) is 58.2 Å². The summed E-state index contributed by atoms with van der Waals surface area (Å²) in [4.78, 5) is 0. The topological polar surface area (TPSA) is 0 Å². The van der Waals surface area contributed by atoms with Gasteiger partial charge in [0.05, 0.1) is 0 Å². The maximum atomic E-state index is 2.41. The van der Waals surface area contributed by atoms with Crippen LogP contribution in [0.1, 0.15) is 363 Å². The standard InChI is InChI=1S/C12H24.C11H22.C10H20.C9H18.8C3H8/c1-10(2)12(11(3)4)8-6-5-7-9-12;1-9(2)11(10(3)4)7-5-6-8-11;1-8(2)10(9(3)4)6-5-7-10;1-7(2)9(5-6-9)8(3)4;8*1-3-2/h10-11H,5-9H2,1-4H3;9-10H,5-8H2,1-4H3;8-9H,5-7H2,1-4H3;7-8H,5-6H2,1-4H3;8*3H2,1-2H3. The van der Waals surface area contributed by atoms with Gasteiger partial charge in [0.25, 0.3) is 0 Å². The van der Waals surface area contributed by atoms with Gasteiger partial charge in [-0.05, 0) is 120 Å². The second-order valence-corrected chi connectivity index (χ2v) is 23.9. The molecule has 4 aliphatic rings. The van der Waals surface area contributed by atoms with Gasteiger partial charge in [0, 0.05) is 0 Å². The minimum atomic E-state index is 0.679. The lowest BCUT2D eigenvalue weighted by molar-refractivity contribution is 0.0135. The number of hydrogen-bond donors (Lipinski definition) is 0. The lowest BCUT2D eigenvalue weighted by Crippen LogP contribution is -2.39. The molecular formula is C66H148. The Morgan fingerprint density at radius 3 is 0.348 bits per heavy atom. The highest BCUT2D eigenvalue weighted by atomic mass is 14.5. The van der Waals surface area contributed by atoms with E-state index < -0.39 is 0 Å². The van der Waals surface area contributed by atoms with E-state index in [1.54, 1.807) is 0 Å². The lowest BCUT2D eigenvalue weighted by atomic mass is 9.56. The molecule has 0 heteroatoms. The van der Waals surface area contributed by atoms with Gasteiger partial charge in [-0.15, -0.1) is 0 Å². The molecule has 0 unspecified atom stereocenters. The van der Waals surface area contributed by atoms with Gasteiger partial charge in [-0.1, -0.05) is 311 Å². The molecule has 66 heavy (non-hydrogen) atoms. The van der Waals surface area contributed by atoms with Crippen molar-refractivity contribution in [1.29, 1.82) is 0 Å². The Morgan fingerprint density at radius 2 is 0.288 bits per heavy atom. The van der Waals surface area contributed by atoms with Crippen molar-refractivity contribution in [3.05, 3.63) is 0 Å². The molecule has 0 aromatic rings. The molecule has 0 spiro atoms. The average molecular weight is 942 g/mol. The van der Waals surface area contributed by atoms with Crippen LogP contribution in [0.4, 0.5) is 0 Å². The fourth-order valence-corrected chi connectivity index (χ4v) is 10.3. The predicted molar refractivity (Wildman–Crippen MR) is 321 cm³/mol. The van der Waals surface area contributed by atoms with Crippen LogP contribution in [0.15, 0.2) is 0 Å². The van der Waals surface area contributed by atoms with Crippen LogP contribution in [-0.4, -0.2) is 0 Å². The maximum Gasteiger partial charge on any atom is -0.0251 e. The molecule has 0 heterocycles. The van der Waals surface area contributed by atoms with E-state index in [1.807, 2.05) is 0 Å². The molecule has 0 nitrogen and oxygen atoms in total. The van der Waals surface area contributed by atoms with E-state index in [2.05, 4.69) is 222 Å². The average Bonchev–Trinajstić information content (AvgIpc) is 3.87. The summed E-state index contributed by atoms with van der Waals surface area (Å²) in [6, 6.07) is 0. The van der Waals surface area contributed by atoms with Gasteiger partial charge in [-0.25, -0.2) is 0 Å². The van der Waals surface area contributed by atoms with Crippen LogP contribution in [0.25, 0.3) is 0 Å². The summed E-state index contributed by atoms with van der Waals surface area (Å²) in [6.07, 6.45) is 30.6. The molecule has 0 saturated heterocycles. The zero-order valence-corrected chi connectivity index (χ0v) is 54.2. The van der Waals surface area contributed by atoms with Gasteiger partial charge in [0.15, 0.2) is 0 Å². The van der Waals surface area contributed by atoms with Crippen molar-refractivity contribution in [3.8, 4) is 0 Å². The third-order valence-electron chi connectivity index (χ3n) is 14.6. The van der Waals surface area contributed by atoms with Crippen molar-refractivity contribution in [3.63, 3.8) is 0 Å². The summed E-state index contributed by atoms with van der Waals surface area (Å²) in [5.41, 5.74) is 2.85. The van der Waals surface area contributed by atoms with Crippen LogP contribution in [-0.2, 0) is 0 Å². The molecule has 4 saturated carbocycles. The zero-order chi connectivity index (χ0) is 54.2. The van der Waals surface area contributed by atoms with Crippen molar-refractivity contribution in [1.82, 2.24) is 0 Å². The molecule has 0 radical (unpaired) electrons. The highest BCUT2D eigenvalue weighted by molar-refractivity contribution is 4.97. The third-order valence-corrected chi connectivity index (χ3v) is 14.6. The maximum absolute atomic E-state index is 2.41. The van der Waals surface area contributed by atoms with Crippen LogP contribution in [0.2, 0.25) is 0 Å². The molecule has 412 valence electrons. The van der Waals surface area contributed by atoms with Gasteiger partial charge < -0.3 is 0 Å². The van der Waals surface area contributed by atoms with Gasteiger partial charge in [0.1, 0.15) is 0 Å². The largest absolute Gasteiger partial charge is 0.0656 e. The summed E-state index contributed by atoms with van der Waals surface area (Å²) in [5.74, 6) is 7.09. The summed E-state index contributed by atoms with van der Waals surface area (Å²) in [6.45, 7) is 72.1. The van der Waals surface area contributed by atoms with Crippen LogP contribution in [0, 0.1) is 69.0 Å². The van der Waals surface area contributed by atoms with Crippen molar-refractivity contribution in [2.45, 2.75) is 363 Å². The summed E-state index contributed by atoms with van der Waals surface area (Å²) in [5, 5.41) is 0. The Balaban J connectivity index is -0.0000000979. The zero-order valence-electron chi connectivity index (χ0n) is 54.2. The molecular weight excluding hydrogens is 793 g/mol. The van der Waals surface area contributed by atoms with E-state index in [4.69, 9.17) is 0 Å². The van der Waals surface area contributed by atoms with Crippen molar-refractivity contribution >= 4 is 0 Å². The fraction of sp³-hybridized carbons (Fsp3) is 1.00. The van der Waals surface area contributed by atoms with Crippen molar-refractivity contribution in [2.24, 2.45) is 69.0 Å². The highest BCUT2D eigenvalue weighted by Gasteiger charge is 2.47. The molecule has 0 bridgehead atoms. The van der Waals surface area contributed by atoms with Gasteiger partial charge in [0.2, 0.25) is 0 Å². The van der Waals surface area contributed by atoms with Crippen LogP contribution in [0.5, 0.6) is 0 Å². The van der Waals surface area contributed by atoms with E-state index in [9.17, 15) is 0 Å². The predicted octanol–water partition coefficient (Wildman–Crippen LogP) is 26.0. The molecule has 0 amide bonds. The number of hydrogen-bond acceptors (Lipinski definition) is 0. The van der Waals surface area contributed by atoms with Gasteiger partial charge in [-0.2, -0.15) is 0 Å². The first-order valence-electron chi connectivity index (χ1n) is 30.7. The van der Waals surface area contributed by atoms with Gasteiger partial charge in [-0.3, -0.25) is 0 Å². The van der Waals surface area contributed by atoms with Crippen LogP contribution < -0.4 is 0 Å². The minimum absolute atomic E-state index is 0.679. The second kappa shape index (κ2) is 54.3. The van der Waals surface area contributed by atoms with E-state index in [0.29, 0.717) is 10.8 Å². The number of rotatable bonds is 8. The Hall–Kier alpha value is 0. The molecule has 0 aliphatic heterocycles. The Morgan fingerprint density at radius 1 is 0.182 bits per heavy atom. The molecule has 4 rings (SSSR count). The van der Waals surface area contributed by atoms with Crippen molar-refractivity contribution in [2.75, 3.05) is 0 Å². The molecule has 0 N–H and O–H groups in total. The first kappa shape index (κ1) is 82.9. The quantitative estimate of drug-likeness (QED) is 0.227. The SMILES string of the molecule is CC(C)C1(C(C)C)CC1.CC(C)C1(C(C)C)CCC1.CC(C)C1(C(C)C)CCCC1.CC(C)C1(C(C)C)CCCCC1.CCC.CCC.CCC.CCC.CCC.CCC.CCC.CCC. The smallest absolute Gasteiger partial charge is 0.0251 e. The second-order valence-electron chi connectivity index (χ2n) is 23.9. The minimum Gasteiger partial charge on any atom is -0.0656 e. The molecule has 0 aromatic heterocycles. The monoisotopic (exact) mass is 941 g/mol. The summed E-state index contributed by atoms with van der Waals surface area (Å²) in [7, 11) is 0.